The lowest BCUT2D eigenvalue weighted by molar-refractivity contribution is -0.131. The minimum Gasteiger partial charge on any atom is -0.470 e. The van der Waals surface area contributed by atoms with Crippen LogP contribution in [0.3, 0.4) is 0 Å². The molecular formula is C17H26N4O3. The molecule has 1 aromatic rings. The average Bonchev–Trinajstić information content (AvgIpc) is 3.04. The van der Waals surface area contributed by atoms with Crippen LogP contribution in [0.2, 0.25) is 0 Å². The third kappa shape index (κ3) is 4.14. The van der Waals surface area contributed by atoms with Gasteiger partial charge in [-0.2, -0.15) is 0 Å². The van der Waals surface area contributed by atoms with Crippen molar-refractivity contribution in [3.8, 4) is 5.88 Å². The molecule has 7 heteroatoms. The van der Waals surface area contributed by atoms with Gasteiger partial charge in [0, 0.05) is 44.9 Å². The summed E-state index contributed by atoms with van der Waals surface area (Å²) in [6.45, 7) is 8.48. The second-order valence-electron chi connectivity index (χ2n) is 6.75. The topological polar surface area (TPSA) is 67.8 Å². The fourth-order valence-electron chi connectivity index (χ4n) is 3.08. The molecule has 1 unspecified atom stereocenters. The van der Waals surface area contributed by atoms with E-state index in [2.05, 4.69) is 28.7 Å². The number of nitrogens with zero attached hydrogens (tertiary/aromatic N) is 4. The van der Waals surface area contributed by atoms with Gasteiger partial charge < -0.3 is 19.3 Å². The number of hydrogen-bond donors (Lipinski definition) is 0. The second-order valence-corrected chi connectivity index (χ2v) is 6.75. The SMILES string of the molecule is CC(C)CC(=O)N1CCC(Oc2nccnc2N2CCOCC2)C1. The lowest BCUT2D eigenvalue weighted by Gasteiger charge is -2.29. The molecule has 2 aliphatic heterocycles. The van der Waals surface area contributed by atoms with E-state index in [1.165, 1.54) is 0 Å². The fraction of sp³-hybridized carbons (Fsp3) is 0.706. The summed E-state index contributed by atoms with van der Waals surface area (Å²) in [4.78, 5) is 25.0. The van der Waals surface area contributed by atoms with Gasteiger partial charge in [0.05, 0.1) is 19.8 Å². The Morgan fingerprint density at radius 1 is 1.29 bits per heavy atom. The number of anilines is 1. The van der Waals surface area contributed by atoms with Gasteiger partial charge in [0.2, 0.25) is 5.91 Å². The van der Waals surface area contributed by atoms with Crippen molar-refractivity contribution in [2.24, 2.45) is 5.92 Å². The monoisotopic (exact) mass is 334 g/mol. The first-order valence-electron chi connectivity index (χ1n) is 8.71. The number of likely N-dealkylation sites (tertiary alicyclic amines) is 1. The first kappa shape index (κ1) is 17.0. The molecule has 2 saturated heterocycles. The number of amides is 1. The minimum atomic E-state index is -0.0161. The lowest BCUT2D eigenvalue weighted by Crippen LogP contribution is -2.37. The van der Waals surface area contributed by atoms with E-state index in [0.29, 0.717) is 38.0 Å². The van der Waals surface area contributed by atoms with Gasteiger partial charge in [-0.15, -0.1) is 0 Å². The van der Waals surface area contributed by atoms with Crippen molar-refractivity contribution >= 4 is 11.7 Å². The molecule has 0 aromatic carbocycles. The molecule has 3 rings (SSSR count). The van der Waals surface area contributed by atoms with E-state index in [9.17, 15) is 4.79 Å². The number of hydrogen-bond acceptors (Lipinski definition) is 6. The number of rotatable bonds is 5. The maximum absolute atomic E-state index is 12.2. The zero-order chi connectivity index (χ0) is 16.9. The molecule has 0 aliphatic carbocycles. The zero-order valence-electron chi connectivity index (χ0n) is 14.5. The van der Waals surface area contributed by atoms with Crippen molar-refractivity contribution in [1.29, 1.82) is 0 Å². The Bertz CT molecular complexity index is 561. The minimum absolute atomic E-state index is 0.0161. The molecule has 2 aliphatic rings. The quantitative estimate of drug-likeness (QED) is 0.809. The molecule has 24 heavy (non-hydrogen) atoms. The molecule has 0 bridgehead atoms. The van der Waals surface area contributed by atoms with E-state index in [1.807, 2.05) is 4.90 Å². The van der Waals surface area contributed by atoms with Gasteiger partial charge in [0.15, 0.2) is 5.82 Å². The highest BCUT2D eigenvalue weighted by atomic mass is 16.5. The highest BCUT2D eigenvalue weighted by Gasteiger charge is 2.29. The molecule has 132 valence electrons. The summed E-state index contributed by atoms with van der Waals surface area (Å²) in [6, 6.07) is 0. The molecule has 1 aromatic heterocycles. The summed E-state index contributed by atoms with van der Waals surface area (Å²) >= 11 is 0. The standard InChI is InChI=1S/C17H26N4O3/c1-13(2)11-15(22)21-6-3-14(12-21)24-17-16(18-4-5-19-17)20-7-9-23-10-8-20/h4-5,13-14H,3,6-12H2,1-2H3. The van der Waals surface area contributed by atoms with Crippen molar-refractivity contribution in [2.75, 3.05) is 44.3 Å². The maximum Gasteiger partial charge on any atom is 0.257 e. The van der Waals surface area contributed by atoms with Gasteiger partial charge in [-0.25, -0.2) is 9.97 Å². The Morgan fingerprint density at radius 3 is 2.79 bits per heavy atom. The molecule has 1 atom stereocenters. The third-order valence-electron chi connectivity index (χ3n) is 4.32. The van der Waals surface area contributed by atoms with Crippen LogP contribution < -0.4 is 9.64 Å². The number of morpholine rings is 1. The van der Waals surface area contributed by atoms with Crippen LogP contribution in [0, 0.1) is 5.92 Å². The normalized spacial score (nSPS) is 21.4. The van der Waals surface area contributed by atoms with Gasteiger partial charge >= 0.3 is 0 Å². The first-order chi connectivity index (χ1) is 11.6. The molecule has 0 spiro atoms. The summed E-state index contributed by atoms with van der Waals surface area (Å²) in [6.07, 6.45) is 4.75. The van der Waals surface area contributed by atoms with Gasteiger partial charge in [0.1, 0.15) is 6.10 Å². The van der Waals surface area contributed by atoms with Crippen molar-refractivity contribution < 1.29 is 14.3 Å². The van der Waals surface area contributed by atoms with Crippen LogP contribution in [0.4, 0.5) is 5.82 Å². The lowest BCUT2D eigenvalue weighted by atomic mass is 10.1. The predicted molar refractivity (Wildman–Crippen MR) is 90.1 cm³/mol. The Kier molecular flexibility index (Phi) is 5.50. The smallest absolute Gasteiger partial charge is 0.257 e. The average molecular weight is 334 g/mol. The van der Waals surface area contributed by atoms with Crippen LogP contribution in [0.25, 0.3) is 0 Å². The summed E-state index contributed by atoms with van der Waals surface area (Å²) in [5.74, 6) is 1.92. The number of carbonyl (C=O) groups is 1. The molecular weight excluding hydrogens is 308 g/mol. The molecule has 0 saturated carbocycles. The van der Waals surface area contributed by atoms with Crippen LogP contribution in [-0.4, -0.2) is 66.3 Å². The highest BCUT2D eigenvalue weighted by molar-refractivity contribution is 5.76. The van der Waals surface area contributed by atoms with E-state index in [-0.39, 0.29) is 12.0 Å². The van der Waals surface area contributed by atoms with Crippen LogP contribution in [0.1, 0.15) is 26.7 Å². The van der Waals surface area contributed by atoms with Crippen molar-refractivity contribution in [2.45, 2.75) is 32.8 Å². The second kappa shape index (κ2) is 7.79. The number of carbonyl (C=O) groups excluding carboxylic acids is 1. The molecule has 0 N–H and O–H groups in total. The van der Waals surface area contributed by atoms with E-state index >= 15 is 0 Å². The maximum atomic E-state index is 12.2. The molecule has 2 fully saturated rings. The number of aromatic nitrogens is 2. The summed E-state index contributed by atoms with van der Waals surface area (Å²) in [5.41, 5.74) is 0. The van der Waals surface area contributed by atoms with Crippen LogP contribution in [0.15, 0.2) is 12.4 Å². The number of ether oxygens (including phenoxy) is 2. The van der Waals surface area contributed by atoms with Crippen molar-refractivity contribution in [3.05, 3.63) is 12.4 Å². The van der Waals surface area contributed by atoms with Crippen molar-refractivity contribution in [3.63, 3.8) is 0 Å². The Balaban J connectivity index is 1.61. The highest BCUT2D eigenvalue weighted by Crippen LogP contribution is 2.26. The van der Waals surface area contributed by atoms with Gasteiger partial charge in [-0.05, 0) is 5.92 Å². The van der Waals surface area contributed by atoms with Crippen LogP contribution in [0.5, 0.6) is 5.88 Å². The van der Waals surface area contributed by atoms with Gasteiger partial charge in [-0.3, -0.25) is 4.79 Å². The summed E-state index contributed by atoms with van der Waals surface area (Å²) in [5, 5.41) is 0. The Morgan fingerprint density at radius 2 is 2.04 bits per heavy atom. The van der Waals surface area contributed by atoms with E-state index in [4.69, 9.17) is 9.47 Å². The Labute approximate surface area is 143 Å². The Hall–Kier alpha value is -1.89. The van der Waals surface area contributed by atoms with E-state index < -0.39 is 0 Å². The van der Waals surface area contributed by atoms with Gasteiger partial charge in [-0.1, -0.05) is 13.8 Å². The van der Waals surface area contributed by atoms with E-state index in [1.54, 1.807) is 12.4 Å². The van der Waals surface area contributed by atoms with E-state index in [0.717, 1.165) is 31.9 Å². The fourth-order valence-corrected chi connectivity index (χ4v) is 3.08. The van der Waals surface area contributed by atoms with Gasteiger partial charge in [0.25, 0.3) is 5.88 Å². The predicted octanol–water partition coefficient (Wildman–Crippen LogP) is 1.34. The molecule has 1 amide bonds. The largest absolute Gasteiger partial charge is 0.470 e. The summed E-state index contributed by atoms with van der Waals surface area (Å²) in [7, 11) is 0. The van der Waals surface area contributed by atoms with Crippen molar-refractivity contribution in [1.82, 2.24) is 14.9 Å². The molecule has 3 heterocycles. The summed E-state index contributed by atoms with van der Waals surface area (Å²) < 4.78 is 11.5. The first-order valence-corrected chi connectivity index (χ1v) is 8.71. The molecule has 0 radical (unpaired) electrons. The van der Waals surface area contributed by atoms with Crippen LogP contribution in [-0.2, 0) is 9.53 Å². The molecule has 7 nitrogen and oxygen atoms in total. The van der Waals surface area contributed by atoms with Crippen LogP contribution >= 0.6 is 0 Å². The zero-order valence-corrected chi connectivity index (χ0v) is 14.5. The third-order valence-corrected chi connectivity index (χ3v) is 4.32.